The van der Waals surface area contributed by atoms with Gasteiger partial charge in [-0.15, -0.1) is 0 Å². The molecule has 0 bridgehead atoms. The largest absolute Gasteiger partial charge is 0.310 e. The molecule has 0 radical (unpaired) electrons. The standard InChI is InChI=1S/C16H17ClFN/c1-2-19-16(14-5-3-4-6-15(14)18)11-12-7-9-13(17)10-8-12/h3-10,16,19H,2,11H2,1H3. The quantitative estimate of drug-likeness (QED) is 0.856. The van der Waals surface area contributed by atoms with Crippen LogP contribution in [-0.4, -0.2) is 6.54 Å². The van der Waals surface area contributed by atoms with Crippen LogP contribution < -0.4 is 5.32 Å². The first kappa shape index (κ1) is 14.0. The van der Waals surface area contributed by atoms with Crippen LogP contribution in [0.15, 0.2) is 48.5 Å². The van der Waals surface area contributed by atoms with Crippen molar-refractivity contribution in [3.63, 3.8) is 0 Å². The zero-order valence-corrected chi connectivity index (χ0v) is 11.6. The van der Waals surface area contributed by atoms with Crippen LogP contribution in [0.25, 0.3) is 0 Å². The van der Waals surface area contributed by atoms with E-state index in [1.807, 2.05) is 43.3 Å². The molecule has 2 aromatic carbocycles. The zero-order valence-electron chi connectivity index (χ0n) is 10.9. The van der Waals surface area contributed by atoms with Crippen molar-refractivity contribution in [1.82, 2.24) is 5.32 Å². The van der Waals surface area contributed by atoms with Gasteiger partial charge in [0, 0.05) is 16.6 Å². The fourth-order valence-corrected chi connectivity index (χ4v) is 2.28. The summed E-state index contributed by atoms with van der Waals surface area (Å²) in [5.41, 5.74) is 1.85. The molecule has 1 N–H and O–H groups in total. The topological polar surface area (TPSA) is 12.0 Å². The second-order valence-corrected chi connectivity index (χ2v) is 4.90. The molecule has 100 valence electrons. The number of likely N-dealkylation sites (N-methyl/N-ethyl adjacent to an activating group) is 1. The molecule has 0 aliphatic carbocycles. The van der Waals surface area contributed by atoms with Crippen LogP contribution in [0.3, 0.4) is 0 Å². The molecule has 0 fully saturated rings. The van der Waals surface area contributed by atoms with Crippen molar-refractivity contribution >= 4 is 11.6 Å². The maximum absolute atomic E-state index is 13.9. The fraction of sp³-hybridized carbons (Fsp3) is 0.250. The number of hydrogen-bond donors (Lipinski definition) is 1. The molecule has 3 heteroatoms. The number of benzene rings is 2. The second kappa shape index (κ2) is 6.69. The van der Waals surface area contributed by atoms with Crippen LogP contribution in [0, 0.1) is 5.82 Å². The Morgan fingerprint density at radius 1 is 1.11 bits per heavy atom. The van der Waals surface area contributed by atoms with E-state index in [0.717, 1.165) is 23.6 Å². The van der Waals surface area contributed by atoms with Gasteiger partial charge in [0.1, 0.15) is 5.82 Å². The van der Waals surface area contributed by atoms with Crippen LogP contribution in [0.4, 0.5) is 4.39 Å². The Morgan fingerprint density at radius 2 is 1.79 bits per heavy atom. The summed E-state index contributed by atoms with van der Waals surface area (Å²) in [5.74, 6) is -0.164. The van der Waals surface area contributed by atoms with E-state index in [1.165, 1.54) is 6.07 Å². The molecule has 0 aromatic heterocycles. The van der Waals surface area contributed by atoms with Crippen molar-refractivity contribution < 1.29 is 4.39 Å². The lowest BCUT2D eigenvalue weighted by molar-refractivity contribution is 0.510. The third-order valence-electron chi connectivity index (χ3n) is 3.08. The van der Waals surface area contributed by atoms with Gasteiger partial charge in [0.15, 0.2) is 0 Å². The van der Waals surface area contributed by atoms with E-state index in [-0.39, 0.29) is 11.9 Å². The van der Waals surface area contributed by atoms with Crippen molar-refractivity contribution in [2.24, 2.45) is 0 Å². The minimum Gasteiger partial charge on any atom is -0.310 e. The fourth-order valence-electron chi connectivity index (χ4n) is 2.15. The molecule has 0 spiro atoms. The highest BCUT2D eigenvalue weighted by atomic mass is 35.5. The summed E-state index contributed by atoms with van der Waals surface area (Å²) in [6.45, 7) is 2.82. The summed E-state index contributed by atoms with van der Waals surface area (Å²) in [4.78, 5) is 0. The molecule has 1 nitrogen and oxygen atoms in total. The van der Waals surface area contributed by atoms with Gasteiger partial charge in [-0.1, -0.05) is 48.9 Å². The Hall–Kier alpha value is -1.38. The lowest BCUT2D eigenvalue weighted by atomic mass is 9.98. The Bertz CT molecular complexity index is 525. The van der Waals surface area contributed by atoms with E-state index in [2.05, 4.69) is 5.32 Å². The van der Waals surface area contributed by atoms with E-state index in [9.17, 15) is 4.39 Å². The average Bonchev–Trinajstić information content (AvgIpc) is 2.41. The number of halogens is 2. The van der Waals surface area contributed by atoms with E-state index >= 15 is 0 Å². The highest BCUT2D eigenvalue weighted by Crippen LogP contribution is 2.22. The maximum Gasteiger partial charge on any atom is 0.127 e. The zero-order chi connectivity index (χ0) is 13.7. The smallest absolute Gasteiger partial charge is 0.127 e. The summed E-state index contributed by atoms with van der Waals surface area (Å²) in [6.07, 6.45) is 0.742. The second-order valence-electron chi connectivity index (χ2n) is 4.46. The highest BCUT2D eigenvalue weighted by Gasteiger charge is 2.14. The number of nitrogens with one attached hydrogen (secondary N) is 1. The van der Waals surface area contributed by atoms with Crippen molar-refractivity contribution in [3.8, 4) is 0 Å². The van der Waals surface area contributed by atoms with Gasteiger partial charge in [0.25, 0.3) is 0 Å². The first-order valence-electron chi connectivity index (χ1n) is 6.43. The van der Waals surface area contributed by atoms with E-state index in [1.54, 1.807) is 6.07 Å². The van der Waals surface area contributed by atoms with Crippen LogP contribution in [0.1, 0.15) is 24.1 Å². The van der Waals surface area contributed by atoms with E-state index < -0.39 is 0 Å². The van der Waals surface area contributed by atoms with Gasteiger partial charge in [-0.2, -0.15) is 0 Å². The summed E-state index contributed by atoms with van der Waals surface area (Å²) in [6, 6.07) is 14.6. The molecule has 0 heterocycles. The van der Waals surface area contributed by atoms with Gasteiger partial charge in [-0.05, 0) is 36.7 Å². The molecule has 0 aliphatic heterocycles. The summed E-state index contributed by atoms with van der Waals surface area (Å²) < 4.78 is 13.9. The monoisotopic (exact) mass is 277 g/mol. The third-order valence-corrected chi connectivity index (χ3v) is 3.34. The molecule has 0 aliphatic rings. The Balaban J connectivity index is 2.21. The first-order valence-corrected chi connectivity index (χ1v) is 6.80. The summed E-state index contributed by atoms with van der Waals surface area (Å²) in [7, 11) is 0. The van der Waals surface area contributed by atoms with E-state index in [4.69, 9.17) is 11.6 Å². The van der Waals surface area contributed by atoms with Gasteiger partial charge in [-0.3, -0.25) is 0 Å². The van der Waals surface area contributed by atoms with Crippen molar-refractivity contribution in [2.45, 2.75) is 19.4 Å². The maximum atomic E-state index is 13.9. The van der Waals surface area contributed by atoms with Crippen LogP contribution in [0.5, 0.6) is 0 Å². The molecule has 1 atom stereocenters. The number of rotatable bonds is 5. The molecule has 2 rings (SSSR count). The molecular formula is C16H17ClFN. The lowest BCUT2D eigenvalue weighted by Crippen LogP contribution is -2.23. The minimum absolute atomic E-state index is 0.0209. The molecular weight excluding hydrogens is 261 g/mol. The van der Waals surface area contributed by atoms with Gasteiger partial charge in [-0.25, -0.2) is 4.39 Å². The van der Waals surface area contributed by atoms with Gasteiger partial charge >= 0.3 is 0 Å². The predicted molar refractivity (Wildman–Crippen MR) is 78.0 cm³/mol. The Labute approximate surface area is 118 Å². The van der Waals surface area contributed by atoms with Crippen molar-refractivity contribution in [3.05, 3.63) is 70.5 Å². The number of hydrogen-bond acceptors (Lipinski definition) is 1. The Morgan fingerprint density at radius 3 is 2.42 bits per heavy atom. The molecule has 0 saturated heterocycles. The van der Waals surface area contributed by atoms with Crippen molar-refractivity contribution in [2.75, 3.05) is 6.54 Å². The predicted octanol–water partition coefficient (Wildman–Crippen LogP) is 4.37. The minimum atomic E-state index is -0.164. The molecule has 19 heavy (non-hydrogen) atoms. The van der Waals surface area contributed by atoms with E-state index in [0.29, 0.717) is 5.56 Å². The summed E-state index contributed by atoms with van der Waals surface area (Å²) in [5, 5.41) is 4.05. The molecule has 2 aromatic rings. The summed E-state index contributed by atoms with van der Waals surface area (Å²) >= 11 is 5.88. The lowest BCUT2D eigenvalue weighted by Gasteiger charge is -2.19. The SMILES string of the molecule is CCNC(Cc1ccc(Cl)cc1)c1ccccc1F. The molecule has 1 unspecified atom stereocenters. The van der Waals surface area contributed by atoms with Gasteiger partial charge in [0.2, 0.25) is 0 Å². The third kappa shape index (κ3) is 3.79. The molecule has 0 amide bonds. The Kier molecular flexibility index (Phi) is 4.94. The first-order chi connectivity index (χ1) is 9.20. The average molecular weight is 278 g/mol. The van der Waals surface area contributed by atoms with Gasteiger partial charge in [0.05, 0.1) is 0 Å². The van der Waals surface area contributed by atoms with Crippen molar-refractivity contribution in [1.29, 1.82) is 0 Å². The highest BCUT2D eigenvalue weighted by molar-refractivity contribution is 6.30. The van der Waals surface area contributed by atoms with Crippen LogP contribution >= 0.6 is 11.6 Å². The van der Waals surface area contributed by atoms with Crippen LogP contribution in [-0.2, 0) is 6.42 Å². The molecule has 0 saturated carbocycles. The normalized spacial score (nSPS) is 12.4. The van der Waals surface area contributed by atoms with Crippen LogP contribution in [0.2, 0.25) is 5.02 Å². The van der Waals surface area contributed by atoms with Gasteiger partial charge < -0.3 is 5.32 Å².